The number of carbonyl (C=O) groups excluding carboxylic acids is 3. The van der Waals surface area contributed by atoms with Gasteiger partial charge >= 0.3 is 5.97 Å². The summed E-state index contributed by atoms with van der Waals surface area (Å²) in [6.45, 7) is 1.49. The van der Waals surface area contributed by atoms with Gasteiger partial charge in [-0.1, -0.05) is 18.2 Å². The van der Waals surface area contributed by atoms with Crippen molar-refractivity contribution >= 4 is 45.0 Å². The van der Waals surface area contributed by atoms with Crippen molar-refractivity contribution in [1.82, 2.24) is 4.98 Å². The highest BCUT2D eigenvalue weighted by Crippen LogP contribution is 2.38. The molecule has 7 nitrogen and oxygen atoms in total. The van der Waals surface area contributed by atoms with Crippen LogP contribution in [-0.2, 0) is 22.4 Å². The van der Waals surface area contributed by atoms with Gasteiger partial charge in [-0.05, 0) is 43.9 Å². The van der Waals surface area contributed by atoms with Crippen molar-refractivity contribution in [2.45, 2.75) is 32.3 Å². The van der Waals surface area contributed by atoms with Gasteiger partial charge in [0.05, 0.1) is 5.56 Å². The molecule has 2 aromatic heterocycles. The topological polar surface area (TPSA) is 114 Å². The quantitative estimate of drug-likeness (QED) is 0.574. The minimum absolute atomic E-state index is 0.272. The highest BCUT2D eigenvalue weighted by Gasteiger charge is 2.28. The first-order valence-electron chi connectivity index (χ1n) is 8.98. The predicted molar refractivity (Wildman–Crippen MR) is 107 cm³/mol. The highest BCUT2D eigenvalue weighted by molar-refractivity contribution is 7.17. The van der Waals surface area contributed by atoms with Crippen LogP contribution in [0.5, 0.6) is 0 Å². The molecule has 0 radical (unpaired) electrons. The van der Waals surface area contributed by atoms with Crippen molar-refractivity contribution in [2.75, 3.05) is 5.32 Å². The maximum atomic E-state index is 12.5. The normalized spacial score (nSPS) is 13.9. The molecule has 0 saturated carbocycles. The third-order valence-electron chi connectivity index (χ3n) is 4.81. The first-order chi connectivity index (χ1) is 13.4. The second-order valence-corrected chi connectivity index (χ2v) is 7.84. The zero-order valence-corrected chi connectivity index (χ0v) is 16.0. The Morgan fingerprint density at radius 3 is 2.79 bits per heavy atom. The number of benzene rings is 1. The summed E-state index contributed by atoms with van der Waals surface area (Å²) < 4.78 is 5.28. The number of carbonyl (C=O) groups is 3. The molecule has 0 spiro atoms. The van der Waals surface area contributed by atoms with Crippen molar-refractivity contribution in [3.8, 4) is 0 Å². The van der Waals surface area contributed by atoms with Gasteiger partial charge < -0.3 is 20.8 Å². The smallest absolute Gasteiger partial charge is 0.355 e. The molecular weight excluding hydrogens is 378 g/mol. The Morgan fingerprint density at radius 2 is 2.04 bits per heavy atom. The summed E-state index contributed by atoms with van der Waals surface area (Å²) in [4.78, 5) is 40.8. The number of nitrogens with two attached hydrogens (primary N) is 1. The molecule has 1 aliphatic rings. The van der Waals surface area contributed by atoms with E-state index in [1.807, 2.05) is 24.3 Å². The Kier molecular flexibility index (Phi) is 4.64. The van der Waals surface area contributed by atoms with Crippen molar-refractivity contribution in [2.24, 2.45) is 5.73 Å². The molecule has 2 heterocycles. The summed E-state index contributed by atoms with van der Waals surface area (Å²) in [5.74, 6) is -1.69. The fourth-order valence-electron chi connectivity index (χ4n) is 3.43. The number of rotatable bonds is 5. The van der Waals surface area contributed by atoms with Gasteiger partial charge in [-0.15, -0.1) is 11.3 Å². The molecule has 4 rings (SSSR count). The molecule has 2 amide bonds. The number of hydrogen-bond acceptors (Lipinski definition) is 5. The first kappa shape index (κ1) is 18.2. The molecule has 8 heteroatoms. The summed E-state index contributed by atoms with van der Waals surface area (Å²) in [7, 11) is 0. The Hall–Kier alpha value is -3.13. The second kappa shape index (κ2) is 7.12. The Morgan fingerprint density at radius 1 is 1.25 bits per heavy atom. The van der Waals surface area contributed by atoms with Crippen molar-refractivity contribution in [1.29, 1.82) is 0 Å². The average Bonchev–Trinajstić information content (AvgIpc) is 3.34. The van der Waals surface area contributed by atoms with Gasteiger partial charge in [0.2, 0.25) is 0 Å². The summed E-state index contributed by atoms with van der Waals surface area (Å²) in [6.07, 6.45) is 1.61. The number of ether oxygens (including phenoxy) is 1. The van der Waals surface area contributed by atoms with Crippen LogP contribution in [0.1, 0.15) is 44.6 Å². The van der Waals surface area contributed by atoms with E-state index in [0.29, 0.717) is 10.6 Å². The van der Waals surface area contributed by atoms with E-state index in [-0.39, 0.29) is 5.69 Å². The molecule has 0 fully saturated rings. The largest absolute Gasteiger partial charge is 0.448 e. The van der Waals surface area contributed by atoms with Crippen LogP contribution in [0, 0.1) is 0 Å². The number of para-hydroxylation sites is 1. The number of primary amides is 1. The number of nitrogens with one attached hydrogen (secondary N) is 2. The molecule has 1 atom stereocenters. The van der Waals surface area contributed by atoms with E-state index in [9.17, 15) is 14.4 Å². The lowest BCUT2D eigenvalue weighted by molar-refractivity contribution is -0.123. The van der Waals surface area contributed by atoms with E-state index in [2.05, 4.69) is 10.3 Å². The Balaban J connectivity index is 1.47. The molecular formula is C20H19N3O4S. The van der Waals surface area contributed by atoms with Crippen molar-refractivity contribution < 1.29 is 19.1 Å². The monoisotopic (exact) mass is 397 g/mol. The summed E-state index contributed by atoms with van der Waals surface area (Å²) in [5.41, 5.74) is 7.89. The molecule has 0 aliphatic heterocycles. The van der Waals surface area contributed by atoms with Crippen molar-refractivity contribution in [3.05, 3.63) is 52.0 Å². The van der Waals surface area contributed by atoms with Gasteiger partial charge in [0.25, 0.3) is 11.8 Å². The number of aryl methyl sites for hydroxylation is 1. The Labute approximate surface area is 164 Å². The lowest BCUT2D eigenvalue weighted by atomic mass is 10.1. The number of aromatic amines is 1. The van der Waals surface area contributed by atoms with Gasteiger partial charge in [-0.2, -0.15) is 0 Å². The number of fused-ring (bicyclic) bond motifs is 2. The summed E-state index contributed by atoms with van der Waals surface area (Å²) in [5, 5.41) is 4.00. The maximum Gasteiger partial charge on any atom is 0.355 e. The number of thiophene rings is 1. The lowest BCUT2D eigenvalue weighted by Gasteiger charge is -2.13. The van der Waals surface area contributed by atoms with Crippen LogP contribution in [0.4, 0.5) is 5.00 Å². The van der Waals surface area contributed by atoms with Crippen LogP contribution in [-0.4, -0.2) is 28.9 Å². The van der Waals surface area contributed by atoms with E-state index in [4.69, 9.17) is 10.5 Å². The maximum absolute atomic E-state index is 12.5. The number of esters is 1. The van der Waals surface area contributed by atoms with E-state index in [0.717, 1.165) is 40.6 Å². The lowest BCUT2D eigenvalue weighted by Crippen LogP contribution is -2.30. The van der Waals surface area contributed by atoms with Crippen LogP contribution in [0.3, 0.4) is 0 Å². The fraction of sp³-hybridized carbons (Fsp3) is 0.250. The number of H-pyrrole nitrogens is 1. The molecule has 3 aromatic rings. The van der Waals surface area contributed by atoms with Crippen LogP contribution < -0.4 is 11.1 Å². The van der Waals surface area contributed by atoms with Gasteiger partial charge in [0.15, 0.2) is 6.10 Å². The molecule has 0 bridgehead atoms. The fourth-order valence-corrected chi connectivity index (χ4v) is 4.73. The molecule has 144 valence electrons. The first-order valence-corrected chi connectivity index (χ1v) is 9.79. The highest BCUT2D eigenvalue weighted by atomic mass is 32.1. The van der Waals surface area contributed by atoms with Crippen LogP contribution >= 0.6 is 11.3 Å². The van der Waals surface area contributed by atoms with Crippen LogP contribution in [0.2, 0.25) is 0 Å². The van der Waals surface area contributed by atoms with E-state index >= 15 is 0 Å². The third-order valence-corrected chi connectivity index (χ3v) is 6.01. The number of amides is 2. The van der Waals surface area contributed by atoms with Gasteiger partial charge in [-0.3, -0.25) is 9.59 Å². The van der Waals surface area contributed by atoms with Crippen LogP contribution in [0.25, 0.3) is 10.9 Å². The molecule has 28 heavy (non-hydrogen) atoms. The Bertz CT molecular complexity index is 1070. The van der Waals surface area contributed by atoms with E-state index < -0.39 is 23.9 Å². The van der Waals surface area contributed by atoms with E-state index in [1.165, 1.54) is 18.3 Å². The zero-order valence-electron chi connectivity index (χ0n) is 15.2. The second-order valence-electron chi connectivity index (χ2n) is 6.73. The predicted octanol–water partition coefficient (Wildman–Crippen LogP) is 3.00. The number of aromatic nitrogens is 1. The number of anilines is 1. The molecule has 0 unspecified atom stereocenters. The third kappa shape index (κ3) is 3.27. The standard InChI is InChI=1S/C20H19N3O4S/c1-10(27-20(26)14-9-11-5-2-3-7-13(11)22-14)18(25)23-19-16(17(21)24)12-6-4-8-15(12)28-19/h2-3,5,7,9-10,22H,4,6,8H2,1H3,(H2,21,24)(H,23,25)/t10-/m1/s1. The summed E-state index contributed by atoms with van der Waals surface area (Å²) in [6, 6.07) is 9.13. The minimum Gasteiger partial charge on any atom is -0.448 e. The van der Waals surface area contributed by atoms with Gasteiger partial charge in [0, 0.05) is 15.8 Å². The van der Waals surface area contributed by atoms with E-state index in [1.54, 1.807) is 6.07 Å². The molecule has 1 aromatic carbocycles. The van der Waals surface area contributed by atoms with Crippen molar-refractivity contribution in [3.63, 3.8) is 0 Å². The molecule has 1 aliphatic carbocycles. The van der Waals surface area contributed by atoms with Gasteiger partial charge in [-0.25, -0.2) is 4.79 Å². The minimum atomic E-state index is -1.03. The SMILES string of the molecule is C[C@@H](OC(=O)c1cc2ccccc2[nH]1)C(=O)Nc1sc2c(c1C(N)=O)CCC2. The average molecular weight is 397 g/mol. The van der Waals surface area contributed by atoms with Gasteiger partial charge in [0.1, 0.15) is 10.7 Å². The molecule has 4 N–H and O–H groups in total. The zero-order chi connectivity index (χ0) is 19.8. The van der Waals surface area contributed by atoms with Crippen LogP contribution in [0.15, 0.2) is 30.3 Å². The number of hydrogen-bond donors (Lipinski definition) is 3. The molecule has 0 saturated heterocycles. The summed E-state index contributed by atoms with van der Waals surface area (Å²) >= 11 is 1.36.